The summed E-state index contributed by atoms with van der Waals surface area (Å²) in [6.07, 6.45) is -0.375. The Bertz CT molecular complexity index is 1160. The first kappa shape index (κ1) is 22.9. The Morgan fingerprint density at radius 1 is 1.18 bits per heavy atom. The van der Waals surface area contributed by atoms with E-state index in [-0.39, 0.29) is 23.2 Å². The van der Waals surface area contributed by atoms with Crippen molar-refractivity contribution in [3.05, 3.63) is 30.1 Å². The lowest BCUT2D eigenvalue weighted by Gasteiger charge is -2.36. The Labute approximate surface area is 195 Å². The number of H-pyrrole nitrogens is 1. The van der Waals surface area contributed by atoms with Crippen molar-refractivity contribution in [3.8, 4) is 11.3 Å². The van der Waals surface area contributed by atoms with Gasteiger partial charge in [0.05, 0.1) is 18.9 Å². The summed E-state index contributed by atoms with van der Waals surface area (Å²) >= 11 is 0. The van der Waals surface area contributed by atoms with Crippen molar-refractivity contribution in [1.82, 2.24) is 25.3 Å². The maximum atomic E-state index is 13.9. The summed E-state index contributed by atoms with van der Waals surface area (Å²) in [5, 5.41) is 7.22. The largest absolute Gasteiger partial charge is 0.419 e. The number of nitrogens with one attached hydrogen (secondary N) is 3. The second-order valence-electron chi connectivity index (χ2n) is 9.47. The lowest BCUT2D eigenvalue weighted by Crippen LogP contribution is -2.50. The van der Waals surface area contributed by atoms with Crippen LogP contribution >= 0.6 is 0 Å². The molecule has 2 saturated heterocycles. The molecule has 0 amide bonds. The fourth-order valence-corrected chi connectivity index (χ4v) is 4.45. The van der Waals surface area contributed by atoms with E-state index in [0.717, 1.165) is 37.9 Å². The van der Waals surface area contributed by atoms with Gasteiger partial charge in [0, 0.05) is 54.6 Å². The van der Waals surface area contributed by atoms with Gasteiger partial charge in [-0.2, -0.15) is 13.2 Å². The third-order valence-corrected chi connectivity index (χ3v) is 6.49. The van der Waals surface area contributed by atoms with Crippen LogP contribution in [-0.2, 0) is 10.9 Å². The predicted molar refractivity (Wildman–Crippen MR) is 124 cm³/mol. The molecule has 0 unspecified atom stereocenters. The molecule has 3 aromatic heterocycles. The van der Waals surface area contributed by atoms with Crippen molar-refractivity contribution in [3.63, 3.8) is 0 Å². The Morgan fingerprint density at radius 3 is 2.68 bits per heavy atom. The number of rotatable bonds is 4. The Kier molecular flexibility index (Phi) is 5.85. The zero-order valence-corrected chi connectivity index (χ0v) is 19.2. The molecule has 0 bridgehead atoms. The van der Waals surface area contributed by atoms with E-state index in [0.29, 0.717) is 36.4 Å². The number of pyridine rings is 1. The highest BCUT2D eigenvalue weighted by Crippen LogP contribution is 2.39. The fourth-order valence-electron chi connectivity index (χ4n) is 4.45. The molecule has 182 valence electrons. The first-order valence-electron chi connectivity index (χ1n) is 11.5. The average Bonchev–Trinajstić information content (AvgIpc) is 3.23. The van der Waals surface area contributed by atoms with E-state index in [1.807, 2.05) is 6.07 Å². The minimum Gasteiger partial charge on any atom is -0.378 e. The second kappa shape index (κ2) is 8.70. The van der Waals surface area contributed by atoms with E-state index in [1.165, 1.54) is 6.20 Å². The molecule has 34 heavy (non-hydrogen) atoms. The second-order valence-corrected chi connectivity index (χ2v) is 9.47. The van der Waals surface area contributed by atoms with E-state index in [4.69, 9.17) is 4.74 Å². The minimum atomic E-state index is -4.59. The van der Waals surface area contributed by atoms with Crippen molar-refractivity contribution in [2.24, 2.45) is 0 Å². The fraction of sp³-hybridized carbons (Fsp3) is 0.522. The van der Waals surface area contributed by atoms with Crippen LogP contribution in [0.1, 0.15) is 32.3 Å². The van der Waals surface area contributed by atoms with E-state index >= 15 is 0 Å². The van der Waals surface area contributed by atoms with Gasteiger partial charge in [0.1, 0.15) is 17.0 Å². The molecule has 0 radical (unpaired) electrons. The standard InChI is InChI=1S/C23H28F3N7O/c1-22(2)6-5-14(11-29-22)30-21-28-13-17(23(24,25)26)19(32-21)16-12-27-20-15(16)3-4-18(31-20)33-7-9-34-10-8-33/h3-4,12-14,29H,5-11H2,1-2H3,(H,27,31)(H,28,30,32)/t14-/m0/s1. The molecule has 8 nitrogen and oxygen atoms in total. The monoisotopic (exact) mass is 475 g/mol. The van der Waals surface area contributed by atoms with Crippen molar-refractivity contribution < 1.29 is 17.9 Å². The molecule has 0 spiro atoms. The summed E-state index contributed by atoms with van der Waals surface area (Å²) in [6.45, 7) is 7.63. The SMILES string of the molecule is CC1(C)CC[C@H](Nc2ncc(C(F)(F)F)c(-c3c[nH]c4nc(N5CCOCC5)ccc34)n2)CN1. The maximum absolute atomic E-state index is 13.9. The van der Waals surface area contributed by atoms with Crippen LogP contribution in [0.15, 0.2) is 24.5 Å². The molecule has 3 N–H and O–H groups in total. The predicted octanol–water partition coefficient (Wildman–Crippen LogP) is 3.82. The van der Waals surface area contributed by atoms with Gasteiger partial charge >= 0.3 is 6.18 Å². The van der Waals surface area contributed by atoms with Gasteiger partial charge in [-0.25, -0.2) is 15.0 Å². The molecule has 1 atom stereocenters. The Balaban J connectivity index is 1.48. The Morgan fingerprint density at radius 2 is 1.97 bits per heavy atom. The zero-order valence-electron chi connectivity index (χ0n) is 19.2. The van der Waals surface area contributed by atoms with Crippen molar-refractivity contribution >= 4 is 22.8 Å². The number of aromatic nitrogens is 4. The molecule has 11 heteroatoms. The normalized spacial score (nSPS) is 21.1. The number of hydrogen-bond acceptors (Lipinski definition) is 7. The van der Waals surface area contributed by atoms with Crippen LogP contribution in [-0.4, -0.2) is 64.4 Å². The van der Waals surface area contributed by atoms with Gasteiger partial charge in [0.15, 0.2) is 0 Å². The van der Waals surface area contributed by atoms with Crippen LogP contribution in [0.4, 0.5) is 24.9 Å². The molecule has 2 fully saturated rings. The number of alkyl halides is 3. The third kappa shape index (κ3) is 4.67. The summed E-state index contributed by atoms with van der Waals surface area (Å²) < 4.78 is 47.0. The topological polar surface area (TPSA) is 91.0 Å². The number of nitrogens with zero attached hydrogens (tertiary/aromatic N) is 4. The highest BCUT2D eigenvalue weighted by atomic mass is 19.4. The van der Waals surface area contributed by atoms with Gasteiger partial charge in [-0.15, -0.1) is 0 Å². The summed E-state index contributed by atoms with van der Waals surface area (Å²) in [5.74, 6) is 0.944. The lowest BCUT2D eigenvalue weighted by atomic mass is 9.91. The minimum absolute atomic E-state index is 0.0401. The van der Waals surface area contributed by atoms with Gasteiger partial charge in [-0.1, -0.05) is 0 Å². The first-order valence-corrected chi connectivity index (χ1v) is 11.5. The number of anilines is 2. The summed E-state index contributed by atoms with van der Waals surface area (Å²) in [7, 11) is 0. The zero-order chi connectivity index (χ0) is 23.9. The highest BCUT2D eigenvalue weighted by molar-refractivity contribution is 5.94. The molecular weight excluding hydrogens is 447 g/mol. The quantitative estimate of drug-likeness (QED) is 0.529. The van der Waals surface area contributed by atoms with E-state index in [9.17, 15) is 13.2 Å². The van der Waals surface area contributed by atoms with Crippen LogP contribution in [0, 0.1) is 0 Å². The summed E-state index contributed by atoms with van der Waals surface area (Å²) in [4.78, 5) is 18.1. The molecule has 2 aliphatic heterocycles. The van der Waals surface area contributed by atoms with Crippen LogP contribution < -0.4 is 15.5 Å². The number of piperidine rings is 1. The number of fused-ring (bicyclic) bond motifs is 1. The number of morpholine rings is 1. The van der Waals surface area contributed by atoms with Crippen molar-refractivity contribution in [1.29, 1.82) is 0 Å². The number of halogens is 3. The van der Waals surface area contributed by atoms with Gasteiger partial charge in [0.25, 0.3) is 0 Å². The molecule has 0 saturated carbocycles. The summed E-state index contributed by atoms with van der Waals surface area (Å²) in [6, 6.07) is 3.66. The van der Waals surface area contributed by atoms with Gasteiger partial charge in [-0.3, -0.25) is 0 Å². The number of hydrogen-bond donors (Lipinski definition) is 3. The lowest BCUT2D eigenvalue weighted by molar-refractivity contribution is -0.137. The number of aromatic amines is 1. The highest BCUT2D eigenvalue weighted by Gasteiger charge is 2.36. The third-order valence-electron chi connectivity index (χ3n) is 6.49. The van der Waals surface area contributed by atoms with Gasteiger partial charge in [0.2, 0.25) is 5.95 Å². The smallest absolute Gasteiger partial charge is 0.378 e. The van der Waals surface area contributed by atoms with Crippen LogP contribution in [0.3, 0.4) is 0 Å². The Hall–Kier alpha value is -2.92. The molecule has 5 rings (SSSR count). The van der Waals surface area contributed by atoms with Crippen molar-refractivity contribution in [2.45, 2.75) is 44.4 Å². The van der Waals surface area contributed by atoms with Crippen LogP contribution in [0.5, 0.6) is 0 Å². The first-order chi connectivity index (χ1) is 16.2. The van der Waals surface area contributed by atoms with E-state index in [1.54, 1.807) is 6.07 Å². The van der Waals surface area contributed by atoms with Crippen LogP contribution in [0.2, 0.25) is 0 Å². The number of ether oxygens (including phenoxy) is 1. The molecule has 5 heterocycles. The molecule has 2 aliphatic rings. The average molecular weight is 476 g/mol. The van der Waals surface area contributed by atoms with Gasteiger partial charge < -0.3 is 25.3 Å². The molecule has 0 aromatic carbocycles. The maximum Gasteiger partial charge on any atom is 0.419 e. The van der Waals surface area contributed by atoms with Crippen LogP contribution in [0.25, 0.3) is 22.3 Å². The van der Waals surface area contributed by atoms with E-state index < -0.39 is 11.7 Å². The molecular formula is C23H28F3N7O. The van der Waals surface area contributed by atoms with Crippen molar-refractivity contribution in [2.75, 3.05) is 43.1 Å². The van der Waals surface area contributed by atoms with E-state index in [2.05, 4.69) is 49.3 Å². The van der Waals surface area contributed by atoms with Gasteiger partial charge in [-0.05, 0) is 38.8 Å². The summed E-state index contributed by atoms with van der Waals surface area (Å²) in [5.41, 5.74) is -0.141. The molecule has 3 aromatic rings. The molecule has 0 aliphatic carbocycles.